The van der Waals surface area contributed by atoms with Crippen molar-refractivity contribution in [3.05, 3.63) is 59.7 Å². The summed E-state index contributed by atoms with van der Waals surface area (Å²) in [5.41, 5.74) is 2.94. The molecule has 120 valence electrons. The molecule has 1 amide bonds. The van der Waals surface area contributed by atoms with Crippen LogP contribution in [0.15, 0.2) is 48.5 Å². The Labute approximate surface area is 135 Å². The maximum absolute atomic E-state index is 12.0. The fourth-order valence-electron chi connectivity index (χ4n) is 2.16. The summed E-state index contributed by atoms with van der Waals surface area (Å²) in [7, 11) is 1.34. The first-order valence-corrected chi connectivity index (χ1v) is 7.38. The zero-order valence-electron chi connectivity index (χ0n) is 13.3. The molecular weight excluding hydrogens is 292 g/mol. The van der Waals surface area contributed by atoms with Crippen molar-refractivity contribution >= 4 is 23.3 Å². The number of ether oxygens (including phenoxy) is 1. The van der Waals surface area contributed by atoms with E-state index in [9.17, 15) is 9.59 Å². The Morgan fingerprint density at radius 1 is 1.00 bits per heavy atom. The van der Waals surface area contributed by atoms with Crippen molar-refractivity contribution in [3.63, 3.8) is 0 Å². The van der Waals surface area contributed by atoms with Gasteiger partial charge in [-0.15, -0.1) is 0 Å². The molecule has 0 aliphatic carbocycles. The molecule has 0 radical (unpaired) electrons. The van der Waals surface area contributed by atoms with Crippen LogP contribution in [0.4, 0.5) is 11.4 Å². The zero-order chi connectivity index (χ0) is 16.7. The van der Waals surface area contributed by atoms with Crippen molar-refractivity contribution in [1.82, 2.24) is 0 Å². The Bertz CT molecular complexity index is 698. The third-order valence-corrected chi connectivity index (χ3v) is 3.42. The third-order valence-electron chi connectivity index (χ3n) is 3.42. The molecule has 0 aromatic heterocycles. The molecule has 0 unspecified atom stereocenters. The average molecular weight is 312 g/mol. The summed E-state index contributed by atoms with van der Waals surface area (Å²) in [5, 5.41) is 5.97. The Morgan fingerprint density at radius 3 is 2.35 bits per heavy atom. The summed E-state index contributed by atoms with van der Waals surface area (Å²) in [5.74, 6) is -0.486. The molecule has 0 atom stereocenters. The Balaban J connectivity index is 1.89. The van der Waals surface area contributed by atoms with E-state index in [1.165, 1.54) is 7.11 Å². The van der Waals surface area contributed by atoms with Gasteiger partial charge in [0.15, 0.2) is 0 Å². The molecule has 5 nitrogen and oxygen atoms in total. The molecule has 0 aliphatic heterocycles. The van der Waals surface area contributed by atoms with Gasteiger partial charge in [0.05, 0.1) is 12.7 Å². The number of para-hydroxylation sites is 2. The monoisotopic (exact) mass is 312 g/mol. The van der Waals surface area contributed by atoms with E-state index in [1.54, 1.807) is 18.2 Å². The highest BCUT2D eigenvalue weighted by molar-refractivity contribution is 5.96. The van der Waals surface area contributed by atoms with Crippen LogP contribution in [0.2, 0.25) is 0 Å². The van der Waals surface area contributed by atoms with Crippen molar-refractivity contribution in [2.24, 2.45) is 0 Å². The minimum atomic E-state index is -0.405. The number of benzene rings is 2. The Kier molecular flexibility index (Phi) is 5.74. The van der Waals surface area contributed by atoms with E-state index in [0.29, 0.717) is 24.2 Å². The standard InChI is InChI=1S/C18H20N2O3/c1-13-7-3-5-9-15(13)20-17(21)11-12-19-16-10-6-4-8-14(16)18(22)23-2/h3-10,19H,11-12H2,1-2H3,(H,20,21). The molecule has 0 aliphatic rings. The second-order valence-electron chi connectivity index (χ2n) is 5.08. The molecule has 2 aromatic rings. The van der Waals surface area contributed by atoms with Gasteiger partial charge in [-0.05, 0) is 30.7 Å². The van der Waals surface area contributed by atoms with Crippen molar-refractivity contribution in [2.75, 3.05) is 24.3 Å². The predicted octanol–water partition coefficient (Wildman–Crippen LogP) is 3.22. The molecule has 0 saturated heterocycles. The van der Waals surface area contributed by atoms with E-state index < -0.39 is 5.97 Å². The summed E-state index contributed by atoms with van der Waals surface area (Å²) in [6.07, 6.45) is 0.295. The van der Waals surface area contributed by atoms with Gasteiger partial charge in [-0.25, -0.2) is 4.79 Å². The van der Waals surface area contributed by atoms with Crippen molar-refractivity contribution in [1.29, 1.82) is 0 Å². The molecule has 5 heteroatoms. The lowest BCUT2D eigenvalue weighted by Crippen LogP contribution is -2.17. The Hall–Kier alpha value is -2.82. The van der Waals surface area contributed by atoms with Crippen LogP contribution in [0, 0.1) is 6.92 Å². The highest BCUT2D eigenvalue weighted by Gasteiger charge is 2.11. The van der Waals surface area contributed by atoms with E-state index in [4.69, 9.17) is 4.74 Å². The van der Waals surface area contributed by atoms with Gasteiger partial charge < -0.3 is 15.4 Å². The lowest BCUT2D eigenvalue weighted by Gasteiger charge is -2.11. The largest absolute Gasteiger partial charge is 0.465 e. The van der Waals surface area contributed by atoms with Crippen LogP contribution < -0.4 is 10.6 Å². The van der Waals surface area contributed by atoms with Crippen LogP contribution in [0.5, 0.6) is 0 Å². The van der Waals surface area contributed by atoms with Crippen molar-refractivity contribution < 1.29 is 14.3 Å². The fraction of sp³-hybridized carbons (Fsp3) is 0.222. The Morgan fingerprint density at radius 2 is 1.65 bits per heavy atom. The first kappa shape index (κ1) is 16.5. The highest BCUT2D eigenvalue weighted by atomic mass is 16.5. The molecule has 0 saturated carbocycles. The number of anilines is 2. The summed E-state index contributed by atoms with van der Waals surface area (Å²) in [4.78, 5) is 23.7. The SMILES string of the molecule is COC(=O)c1ccccc1NCCC(=O)Nc1ccccc1C. The van der Waals surface area contributed by atoms with Crippen molar-refractivity contribution in [3.8, 4) is 0 Å². The van der Waals surface area contributed by atoms with Gasteiger partial charge in [-0.1, -0.05) is 30.3 Å². The minimum absolute atomic E-state index is 0.0812. The van der Waals surface area contributed by atoms with Gasteiger partial charge in [-0.3, -0.25) is 4.79 Å². The van der Waals surface area contributed by atoms with Crippen LogP contribution in [0.25, 0.3) is 0 Å². The molecular formula is C18H20N2O3. The summed E-state index contributed by atoms with van der Waals surface area (Å²) < 4.78 is 4.74. The van der Waals surface area contributed by atoms with E-state index in [1.807, 2.05) is 37.3 Å². The molecule has 23 heavy (non-hydrogen) atoms. The lowest BCUT2D eigenvalue weighted by atomic mass is 10.1. The van der Waals surface area contributed by atoms with Crippen LogP contribution >= 0.6 is 0 Å². The zero-order valence-corrected chi connectivity index (χ0v) is 13.3. The third kappa shape index (κ3) is 4.57. The van der Waals surface area contributed by atoms with Crippen LogP contribution in [-0.2, 0) is 9.53 Å². The fourth-order valence-corrected chi connectivity index (χ4v) is 2.16. The second-order valence-corrected chi connectivity index (χ2v) is 5.08. The molecule has 0 fully saturated rings. The number of carbonyl (C=O) groups is 2. The number of methoxy groups -OCH3 is 1. The van der Waals surface area contributed by atoms with E-state index in [-0.39, 0.29) is 5.91 Å². The number of esters is 1. The quantitative estimate of drug-likeness (QED) is 0.804. The van der Waals surface area contributed by atoms with Gasteiger partial charge in [0.25, 0.3) is 0 Å². The van der Waals surface area contributed by atoms with Gasteiger partial charge in [0.2, 0.25) is 5.91 Å². The maximum atomic E-state index is 12.0. The summed E-state index contributed by atoms with van der Waals surface area (Å²) in [6, 6.07) is 14.7. The summed E-state index contributed by atoms with van der Waals surface area (Å²) >= 11 is 0. The predicted molar refractivity (Wildman–Crippen MR) is 90.7 cm³/mol. The lowest BCUT2D eigenvalue weighted by molar-refractivity contribution is -0.115. The van der Waals surface area contributed by atoms with Gasteiger partial charge >= 0.3 is 5.97 Å². The molecule has 2 aromatic carbocycles. The number of hydrogen-bond acceptors (Lipinski definition) is 4. The van der Waals surface area contributed by atoms with Crippen LogP contribution in [-0.4, -0.2) is 25.5 Å². The number of aryl methyl sites for hydroxylation is 1. The van der Waals surface area contributed by atoms with Gasteiger partial charge in [0, 0.05) is 24.3 Å². The second kappa shape index (κ2) is 7.98. The van der Waals surface area contributed by atoms with E-state index in [0.717, 1.165) is 11.3 Å². The number of nitrogens with one attached hydrogen (secondary N) is 2. The van der Waals surface area contributed by atoms with E-state index in [2.05, 4.69) is 10.6 Å². The molecule has 0 bridgehead atoms. The summed E-state index contributed by atoms with van der Waals surface area (Å²) in [6.45, 7) is 2.37. The number of carbonyl (C=O) groups excluding carboxylic acids is 2. The maximum Gasteiger partial charge on any atom is 0.339 e. The van der Waals surface area contributed by atoms with Gasteiger partial charge in [-0.2, -0.15) is 0 Å². The number of rotatable bonds is 6. The number of hydrogen-bond donors (Lipinski definition) is 2. The normalized spacial score (nSPS) is 10.0. The van der Waals surface area contributed by atoms with Crippen LogP contribution in [0.1, 0.15) is 22.3 Å². The highest BCUT2D eigenvalue weighted by Crippen LogP contribution is 2.16. The first-order chi connectivity index (χ1) is 11.1. The average Bonchev–Trinajstić information content (AvgIpc) is 2.57. The number of amides is 1. The molecule has 0 heterocycles. The molecule has 2 rings (SSSR count). The molecule has 0 spiro atoms. The van der Waals surface area contributed by atoms with Crippen LogP contribution in [0.3, 0.4) is 0 Å². The topological polar surface area (TPSA) is 67.4 Å². The molecule has 2 N–H and O–H groups in total. The van der Waals surface area contributed by atoms with Gasteiger partial charge in [0.1, 0.15) is 0 Å². The minimum Gasteiger partial charge on any atom is -0.465 e. The smallest absolute Gasteiger partial charge is 0.339 e. The van der Waals surface area contributed by atoms with Crippen molar-refractivity contribution in [2.45, 2.75) is 13.3 Å². The van der Waals surface area contributed by atoms with E-state index >= 15 is 0 Å². The first-order valence-electron chi connectivity index (χ1n) is 7.38.